The van der Waals surface area contributed by atoms with Crippen LogP contribution in [0.15, 0.2) is 15.5 Å². The first-order valence-corrected chi connectivity index (χ1v) is 8.08. The minimum Gasteiger partial charge on any atom is -0.394 e. The fraction of sp³-hybridized carbons (Fsp3) is 0.556. The highest BCUT2D eigenvalue weighted by Crippen LogP contribution is 2.43. The average molecular weight is 386 g/mol. The maximum atomic E-state index is 11.8. The number of anilines is 1. The van der Waals surface area contributed by atoms with Crippen LogP contribution in [-0.4, -0.2) is 43.3 Å². The van der Waals surface area contributed by atoms with Gasteiger partial charge in [-0.15, -0.1) is 0 Å². The molecule has 21 heavy (non-hydrogen) atoms. The van der Waals surface area contributed by atoms with E-state index >= 15 is 0 Å². The van der Waals surface area contributed by atoms with E-state index in [1.807, 2.05) is 0 Å². The van der Waals surface area contributed by atoms with E-state index < -0.39 is 38.6 Å². The number of phosphoric acid groups is 1. The predicted molar refractivity (Wildman–Crippen MR) is 73.1 cm³/mol. The first kappa shape index (κ1) is 16.6. The van der Waals surface area contributed by atoms with Gasteiger partial charge in [0.1, 0.15) is 24.3 Å². The Morgan fingerprint density at radius 2 is 2.29 bits per heavy atom. The molecule has 0 amide bonds. The van der Waals surface area contributed by atoms with Crippen molar-refractivity contribution in [3.05, 3.63) is 21.2 Å². The topological polar surface area (TPSA) is 157 Å². The lowest BCUT2D eigenvalue weighted by Crippen LogP contribution is -2.28. The maximum Gasteiger partial charge on any atom is 0.469 e. The van der Waals surface area contributed by atoms with Gasteiger partial charge in [0.05, 0.1) is 11.1 Å². The summed E-state index contributed by atoms with van der Waals surface area (Å²) in [7, 11) is -4.74. The van der Waals surface area contributed by atoms with Crippen LogP contribution in [0.3, 0.4) is 0 Å². The second-order valence-corrected chi connectivity index (χ2v) is 6.39. The summed E-state index contributed by atoms with van der Waals surface area (Å²) in [6.45, 7) is -0.514. The van der Waals surface area contributed by atoms with Crippen LogP contribution in [0.4, 0.5) is 5.82 Å². The van der Waals surface area contributed by atoms with E-state index in [0.29, 0.717) is 4.47 Å². The Labute approximate surface area is 126 Å². The van der Waals surface area contributed by atoms with Crippen molar-refractivity contribution in [1.82, 2.24) is 9.55 Å². The zero-order chi connectivity index (χ0) is 15.8. The summed E-state index contributed by atoms with van der Waals surface area (Å²) in [5.41, 5.74) is 4.79. The molecular weight excluding hydrogens is 373 g/mol. The number of phosphoric ester groups is 1. The smallest absolute Gasteiger partial charge is 0.394 e. The summed E-state index contributed by atoms with van der Waals surface area (Å²) in [4.78, 5) is 33.0. The molecule has 1 aromatic rings. The van der Waals surface area contributed by atoms with E-state index in [0.717, 1.165) is 4.57 Å². The van der Waals surface area contributed by atoms with Crippen molar-refractivity contribution in [2.24, 2.45) is 0 Å². The second-order valence-electron chi connectivity index (χ2n) is 4.35. The predicted octanol–water partition coefficient (Wildman–Crippen LogP) is -0.654. The Hall–Kier alpha value is -0.810. The van der Waals surface area contributed by atoms with E-state index in [2.05, 4.69) is 25.4 Å². The lowest BCUT2D eigenvalue weighted by Gasteiger charge is -2.16. The molecule has 5 N–H and O–H groups in total. The van der Waals surface area contributed by atoms with Gasteiger partial charge < -0.3 is 25.4 Å². The molecule has 118 valence electrons. The highest BCUT2D eigenvalue weighted by atomic mass is 79.9. The Morgan fingerprint density at radius 3 is 2.86 bits per heavy atom. The van der Waals surface area contributed by atoms with Gasteiger partial charge >= 0.3 is 13.5 Å². The number of nitrogens with two attached hydrogens (primary N) is 1. The van der Waals surface area contributed by atoms with Crippen molar-refractivity contribution in [2.45, 2.75) is 24.9 Å². The normalized spacial score (nSPS) is 26.2. The summed E-state index contributed by atoms with van der Waals surface area (Å²) in [6.07, 6.45) is -1.58. The molecule has 2 rings (SSSR count). The summed E-state index contributed by atoms with van der Waals surface area (Å²) in [5, 5.41) is 9.18. The molecule has 3 atom stereocenters. The second kappa shape index (κ2) is 6.13. The maximum absolute atomic E-state index is 11.8. The number of hydrogen-bond donors (Lipinski definition) is 4. The molecule has 0 aliphatic carbocycles. The third-order valence-corrected chi connectivity index (χ3v) is 4.03. The molecule has 0 radical (unpaired) electrons. The lowest BCUT2D eigenvalue weighted by atomic mass is 10.2. The molecule has 0 saturated carbocycles. The van der Waals surface area contributed by atoms with Gasteiger partial charge in [-0.25, -0.2) is 9.36 Å². The van der Waals surface area contributed by atoms with E-state index in [-0.39, 0.29) is 12.2 Å². The van der Waals surface area contributed by atoms with Crippen molar-refractivity contribution in [3.8, 4) is 0 Å². The van der Waals surface area contributed by atoms with Gasteiger partial charge in [0.25, 0.3) is 0 Å². The van der Waals surface area contributed by atoms with Gasteiger partial charge in [-0.3, -0.25) is 9.09 Å². The van der Waals surface area contributed by atoms with E-state index in [1.54, 1.807) is 0 Å². The first-order valence-electron chi connectivity index (χ1n) is 5.75. The quantitative estimate of drug-likeness (QED) is 0.494. The van der Waals surface area contributed by atoms with Crippen LogP contribution in [0.5, 0.6) is 0 Å². The zero-order valence-electron chi connectivity index (χ0n) is 10.5. The van der Waals surface area contributed by atoms with Crippen molar-refractivity contribution in [3.63, 3.8) is 0 Å². The van der Waals surface area contributed by atoms with Crippen molar-refractivity contribution in [2.75, 3.05) is 12.3 Å². The van der Waals surface area contributed by atoms with Crippen molar-refractivity contribution in [1.29, 1.82) is 0 Å². The van der Waals surface area contributed by atoms with Gasteiger partial charge in [0.2, 0.25) is 0 Å². The minimum absolute atomic E-state index is 0.0102. The number of rotatable bonds is 4. The molecule has 12 heteroatoms. The highest BCUT2D eigenvalue weighted by molar-refractivity contribution is 9.10. The van der Waals surface area contributed by atoms with Gasteiger partial charge in [-0.1, -0.05) is 0 Å². The molecule has 0 spiro atoms. The van der Waals surface area contributed by atoms with E-state index in [1.165, 1.54) is 6.20 Å². The molecule has 1 aliphatic rings. The Bertz CT molecular complexity index is 632. The van der Waals surface area contributed by atoms with Crippen LogP contribution >= 0.6 is 23.8 Å². The van der Waals surface area contributed by atoms with Crippen LogP contribution in [0.2, 0.25) is 0 Å². The minimum atomic E-state index is -4.74. The first-order chi connectivity index (χ1) is 9.71. The van der Waals surface area contributed by atoms with Gasteiger partial charge in [-0.2, -0.15) is 4.98 Å². The summed E-state index contributed by atoms with van der Waals surface area (Å²) >= 11 is 3.12. The van der Waals surface area contributed by atoms with Crippen molar-refractivity contribution < 1.29 is 28.7 Å². The largest absolute Gasteiger partial charge is 0.469 e. The molecule has 1 aliphatic heterocycles. The number of hydrogen-bond acceptors (Lipinski definition) is 7. The number of ether oxygens (including phenoxy) is 1. The third kappa shape index (κ3) is 3.89. The average Bonchev–Trinajstić information content (AvgIpc) is 2.74. The SMILES string of the molecule is Nc1nc(=O)n([C@H]2C[C@H](OP(=O)(O)O)[C@@H](CO)O2)cc1Br. The molecule has 1 saturated heterocycles. The number of aromatic nitrogens is 2. The molecule has 1 aromatic heterocycles. The number of nitrogens with zero attached hydrogens (tertiary/aromatic N) is 2. The molecule has 10 nitrogen and oxygen atoms in total. The molecule has 1 fully saturated rings. The van der Waals surface area contributed by atoms with Crippen LogP contribution in [0.1, 0.15) is 12.6 Å². The lowest BCUT2D eigenvalue weighted by molar-refractivity contribution is -0.0452. The van der Waals surface area contributed by atoms with Crippen LogP contribution in [0, 0.1) is 0 Å². The zero-order valence-corrected chi connectivity index (χ0v) is 13.0. The standard InChI is InChI=1S/C9H13BrN3O7P/c10-4-2-13(9(15)12-8(4)11)7-1-5(6(3-14)19-7)20-21(16,17)18/h2,5-7,14H,1,3H2,(H2,11,12,15)(H2,16,17,18)/t5-,6+,7+/m0/s1. The molecule has 0 bridgehead atoms. The summed E-state index contributed by atoms with van der Waals surface area (Å²) in [5.74, 6) is 0.0102. The molecule has 2 heterocycles. The van der Waals surface area contributed by atoms with Crippen LogP contribution < -0.4 is 11.4 Å². The summed E-state index contributed by atoms with van der Waals surface area (Å²) < 4.78 is 22.3. The molecule has 0 unspecified atom stereocenters. The number of halogens is 1. The Balaban J connectivity index is 2.25. The summed E-state index contributed by atoms with van der Waals surface area (Å²) in [6, 6.07) is 0. The van der Waals surface area contributed by atoms with Crippen molar-refractivity contribution >= 4 is 29.6 Å². The third-order valence-electron chi connectivity index (χ3n) is 2.88. The molecule has 0 aromatic carbocycles. The van der Waals surface area contributed by atoms with Crippen LogP contribution in [0.25, 0.3) is 0 Å². The Kier molecular flexibility index (Phi) is 4.83. The molecular formula is C9H13BrN3O7P. The fourth-order valence-electron chi connectivity index (χ4n) is 1.99. The van der Waals surface area contributed by atoms with Gasteiger partial charge in [-0.05, 0) is 15.9 Å². The van der Waals surface area contributed by atoms with E-state index in [4.69, 9.17) is 20.3 Å². The fourth-order valence-corrected chi connectivity index (χ4v) is 2.87. The number of aliphatic hydroxyl groups excluding tert-OH is 1. The Morgan fingerprint density at radius 1 is 1.62 bits per heavy atom. The van der Waals surface area contributed by atoms with Gasteiger partial charge in [0.15, 0.2) is 0 Å². The monoisotopic (exact) mass is 385 g/mol. The van der Waals surface area contributed by atoms with Gasteiger partial charge in [0, 0.05) is 12.6 Å². The highest BCUT2D eigenvalue weighted by Gasteiger charge is 2.40. The van der Waals surface area contributed by atoms with E-state index in [9.17, 15) is 14.5 Å². The number of nitrogen functional groups attached to an aromatic ring is 1. The number of aliphatic hydroxyl groups is 1. The van der Waals surface area contributed by atoms with Crippen LogP contribution in [-0.2, 0) is 13.8 Å².